The fraction of sp³-hybridized carbons (Fsp3) is 0.385. The summed E-state index contributed by atoms with van der Waals surface area (Å²) in [7, 11) is 1.91. The molecule has 0 unspecified atom stereocenters. The number of rotatable bonds is 4. The Bertz CT molecular complexity index is 488. The van der Waals surface area contributed by atoms with Crippen LogP contribution < -0.4 is 10.2 Å². The summed E-state index contributed by atoms with van der Waals surface area (Å²) in [5.74, 6) is -0.368. The van der Waals surface area contributed by atoms with Crippen molar-refractivity contribution < 1.29 is 9.59 Å². The molecule has 4 nitrogen and oxygen atoms in total. The van der Waals surface area contributed by atoms with Crippen LogP contribution in [0.1, 0.15) is 11.1 Å². The van der Waals surface area contributed by atoms with Crippen molar-refractivity contribution >= 4 is 30.1 Å². The monoisotopic (exact) mass is 264 g/mol. The molecule has 0 bridgehead atoms. The Morgan fingerprint density at radius 2 is 2.28 bits per heavy atom. The van der Waals surface area contributed by atoms with Crippen LogP contribution in [-0.2, 0) is 22.4 Å². The molecule has 0 aliphatic carbocycles. The molecule has 1 N–H and O–H groups in total. The van der Waals surface area contributed by atoms with E-state index in [1.807, 2.05) is 25.2 Å². The number of carbonyl (C=O) groups is 2. The largest absolute Gasteiger partial charge is 0.319 e. The minimum Gasteiger partial charge on any atom is -0.319 e. The van der Waals surface area contributed by atoms with Crippen molar-refractivity contribution in [2.24, 2.45) is 0 Å². The van der Waals surface area contributed by atoms with Crippen LogP contribution in [0.4, 0.5) is 5.69 Å². The second-order valence-electron chi connectivity index (χ2n) is 4.27. The highest BCUT2D eigenvalue weighted by atomic mass is 32.1. The van der Waals surface area contributed by atoms with E-state index in [2.05, 4.69) is 17.9 Å². The Kier molecular flexibility index (Phi) is 4.04. The molecule has 1 aromatic carbocycles. The minimum atomic E-state index is -0.259. The van der Waals surface area contributed by atoms with Crippen LogP contribution in [-0.4, -0.2) is 31.2 Å². The molecule has 2 amide bonds. The van der Waals surface area contributed by atoms with Crippen LogP contribution in [0.3, 0.4) is 0 Å². The Labute approximate surface area is 112 Å². The van der Waals surface area contributed by atoms with Gasteiger partial charge in [-0.2, -0.15) is 12.6 Å². The van der Waals surface area contributed by atoms with Crippen molar-refractivity contribution in [3.05, 3.63) is 29.3 Å². The normalized spacial score (nSPS) is 13.9. The van der Waals surface area contributed by atoms with Crippen LogP contribution in [0.15, 0.2) is 18.2 Å². The van der Waals surface area contributed by atoms with E-state index >= 15 is 0 Å². The van der Waals surface area contributed by atoms with Crippen molar-refractivity contribution in [2.75, 3.05) is 24.2 Å². The number of anilines is 1. The zero-order chi connectivity index (χ0) is 13.1. The quantitative estimate of drug-likeness (QED) is 0.791. The zero-order valence-corrected chi connectivity index (χ0v) is 11.2. The summed E-state index contributed by atoms with van der Waals surface area (Å²) in [6.07, 6.45) is 1.22. The summed E-state index contributed by atoms with van der Waals surface area (Å²) in [6, 6.07) is 5.83. The minimum absolute atomic E-state index is 0.0483. The van der Waals surface area contributed by atoms with Gasteiger partial charge < -0.3 is 5.32 Å². The molecule has 0 fully saturated rings. The standard InChI is InChI=1S/C13H16N2O2S/c1-14-5-4-9-2-3-11-10(6-9)7-12(16)15(11)13(17)8-18/h2-3,6,14,18H,4-5,7-8H2,1H3. The number of thiol groups is 1. The van der Waals surface area contributed by atoms with E-state index in [0.29, 0.717) is 12.1 Å². The van der Waals surface area contributed by atoms with E-state index in [9.17, 15) is 9.59 Å². The highest BCUT2D eigenvalue weighted by Crippen LogP contribution is 2.30. The van der Waals surface area contributed by atoms with Gasteiger partial charge in [-0.3, -0.25) is 9.59 Å². The van der Waals surface area contributed by atoms with Crippen LogP contribution in [0.5, 0.6) is 0 Å². The molecule has 1 aliphatic rings. The molecule has 2 rings (SSSR count). The third kappa shape index (κ3) is 2.42. The fourth-order valence-electron chi connectivity index (χ4n) is 2.14. The molecule has 0 saturated heterocycles. The molecule has 1 aliphatic heterocycles. The van der Waals surface area contributed by atoms with E-state index in [0.717, 1.165) is 18.5 Å². The van der Waals surface area contributed by atoms with Gasteiger partial charge in [0, 0.05) is 0 Å². The predicted octanol–water partition coefficient (Wildman–Crippen LogP) is 0.794. The third-order valence-electron chi connectivity index (χ3n) is 3.02. The van der Waals surface area contributed by atoms with Gasteiger partial charge in [0.25, 0.3) is 0 Å². The average molecular weight is 264 g/mol. The first kappa shape index (κ1) is 13.1. The number of imide groups is 1. The van der Waals surface area contributed by atoms with Gasteiger partial charge in [-0.1, -0.05) is 12.1 Å². The Morgan fingerprint density at radius 1 is 1.50 bits per heavy atom. The summed E-state index contributed by atoms with van der Waals surface area (Å²) >= 11 is 3.94. The number of fused-ring (bicyclic) bond motifs is 1. The van der Waals surface area contributed by atoms with Crippen LogP contribution in [0.25, 0.3) is 0 Å². The first-order valence-electron chi connectivity index (χ1n) is 5.90. The van der Waals surface area contributed by atoms with Gasteiger partial charge >= 0.3 is 0 Å². The number of nitrogens with zero attached hydrogens (tertiary/aromatic N) is 1. The number of nitrogens with one attached hydrogen (secondary N) is 1. The number of likely N-dealkylation sites (N-methyl/N-ethyl adjacent to an activating group) is 1. The smallest absolute Gasteiger partial charge is 0.243 e. The second kappa shape index (κ2) is 5.54. The summed E-state index contributed by atoms with van der Waals surface area (Å²) in [5, 5.41) is 3.09. The molecule has 18 heavy (non-hydrogen) atoms. The number of hydrogen-bond donors (Lipinski definition) is 2. The maximum atomic E-state index is 11.8. The van der Waals surface area contributed by atoms with Crippen LogP contribution in [0, 0.1) is 0 Å². The van der Waals surface area contributed by atoms with Gasteiger partial charge in [0.2, 0.25) is 11.8 Å². The lowest BCUT2D eigenvalue weighted by Crippen LogP contribution is -2.34. The molecule has 1 heterocycles. The summed E-state index contributed by atoms with van der Waals surface area (Å²) in [5.41, 5.74) is 2.83. The number of carbonyl (C=O) groups excluding carboxylic acids is 2. The first-order valence-corrected chi connectivity index (χ1v) is 6.53. The molecule has 0 radical (unpaired) electrons. The lowest BCUT2D eigenvalue weighted by Gasteiger charge is -2.14. The number of benzene rings is 1. The topological polar surface area (TPSA) is 49.4 Å². The lowest BCUT2D eigenvalue weighted by molar-refractivity contribution is -0.124. The molecule has 5 heteroatoms. The Morgan fingerprint density at radius 3 is 2.94 bits per heavy atom. The molecule has 1 aromatic rings. The highest BCUT2D eigenvalue weighted by molar-refractivity contribution is 7.81. The van der Waals surface area contributed by atoms with Crippen molar-refractivity contribution in [3.8, 4) is 0 Å². The van der Waals surface area contributed by atoms with Crippen molar-refractivity contribution in [2.45, 2.75) is 12.8 Å². The fourth-order valence-corrected chi connectivity index (χ4v) is 2.29. The van der Waals surface area contributed by atoms with Gasteiger partial charge in [0.1, 0.15) is 0 Å². The van der Waals surface area contributed by atoms with Crippen molar-refractivity contribution in [3.63, 3.8) is 0 Å². The lowest BCUT2D eigenvalue weighted by atomic mass is 10.1. The maximum absolute atomic E-state index is 11.8. The van der Waals surface area contributed by atoms with Crippen LogP contribution in [0.2, 0.25) is 0 Å². The van der Waals surface area contributed by atoms with E-state index in [1.165, 1.54) is 10.5 Å². The van der Waals surface area contributed by atoms with Gasteiger partial charge in [0.15, 0.2) is 0 Å². The van der Waals surface area contributed by atoms with E-state index < -0.39 is 0 Å². The van der Waals surface area contributed by atoms with Crippen molar-refractivity contribution in [1.82, 2.24) is 5.32 Å². The average Bonchev–Trinajstić information content (AvgIpc) is 2.70. The van der Waals surface area contributed by atoms with Crippen LogP contribution >= 0.6 is 12.6 Å². The SMILES string of the molecule is CNCCc1ccc2c(c1)CC(=O)N2C(=O)CS. The van der Waals surface area contributed by atoms with E-state index in [-0.39, 0.29) is 17.6 Å². The Hall–Kier alpha value is -1.33. The van der Waals surface area contributed by atoms with Gasteiger partial charge in [-0.05, 0) is 37.2 Å². The van der Waals surface area contributed by atoms with E-state index in [4.69, 9.17) is 0 Å². The Balaban J connectivity index is 2.26. The number of hydrogen-bond acceptors (Lipinski definition) is 4. The molecule has 0 aromatic heterocycles. The molecule has 0 spiro atoms. The highest BCUT2D eigenvalue weighted by Gasteiger charge is 2.31. The van der Waals surface area contributed by atoms with Gasteiger partial charge in [0.05, 0.1) is 17.9 Å². The van der Waals surface area contributed by atoms with Gasteiger partial charge in [-0.25, -0.2) is 4.90 Å². The molecular weight excluding hydrogens is 248 g/mol. The molecular formula is C13H16N2O2S. The third-order valence-corrected chi connectivity index (χ3v) is 3.29. The maximum Gasteiger partial charge on any atom is 0.243 e. The number of amides is 2. The summed E-state index contributed by atoms with van der Waals surface area (Å²) in [6.45, 7) is 0.895. The summed E-state index contributed by atoms with van der Waals surface area (Å²) < 4.78 is 0. The summed E-state index contributed by atoms with van der Waals surface area (Å²) in [4.78, 5) is 24.7. The first-order chi connectivity index (χ1) is 8.67. The van der Waals surface area contributed by atoms with E-state index in [1.54, 1.807) is 0 Å². The molecule has 0 saturated carbocycles. The predicted molar refractivity (Wildman–Crippen MR) is 74.1 cm³/mol. The molecule has 0 atom stereocenters. The van der Waals surface area contributed by atoms with Gasteiger partial charge in [-0.15, -0.1) is 0 Å². The van der Waals surface area contributed by atoms with Crippen molar-refractivity contribution in [1.29, 1.82) is 0 Å². The zero-order valence-electron chi connectivity index (χ0n) is 10.3. The second-order valence-corrected chi connectivity index (χ2v) is 4.59. The molecule has 96 valence electrons.